The van der Waals surface area contributed by atoms with Crippen molar-refractivity contribution in [2.24, 2.45) is 0 Å². The highest BCUT2D eigenvalue weighted by Crippen LogP contribution is 2.29. The normalized spacial score (nSPS) is 21.4. The molecule has 2 amide bonds. The summed E-state index contributed by atoms with van der Waals surface area (Å²) >= 11 is 0. The van der Waals surface area contributed by atoms with Crippen LogP contribution in [0.1, 0.15) is 47.0 Å². The minimum atomic E-state index is -0.528. The van der Waals surface area contributed by atoms with E-state index in [-0.39, 0.29) is 25.2 Å². The van der Waals surface area contributed by atoms with Gasteiger partial charge in [0.25, 0.3) is 0 Å². The molecular weight excluding hydrogens is 296 g/mol. The molecule has 1 saturated heterocycles. The smallest absolute Gasteiger partial charge is 0.410 e. The molecule has 130 valence electrons. The fraction of sp³-hybridized carbons (Fsp3) is 0.765. The number of hydrogen-bond acceptors (Lipinski definition) is 4. The van der Waals surface area contributed by atoms with Crippen molar-refractivity contribution in [2.75, 3.05) is 26.2 Å². The summed E-state index contributed by atoms with van der Waals surface area (Å²) in [4.78, 5) is 25.6. The Balaban J connectivity index is 2.62. The highest BCUT2D eigenvalue weighted by atomic mass is 16.6. The average Bonchev–Trinajstić information content (AvgIpc) is 2.49. The van der Waals surface area contributed by atoms with E-state index in [1.165, 1.54) is 0 Å². The highest BCUT2D eigenvalue weighted by molar-refractivity contribution is 5.77. The Bertz CT molecular complexity index is 464. The van der Waals surface area contributed by atoms with Crippen molar-refractivity contribution in [3.8, 4) is 12.3 Å². The van der Waals surface area contributed by atoms with Crippen molar-refractivity contribution in [1.82, 2.24) is 10.2 Å². The largest absolute Gasteiger partial charge is 0.444 e. The molecule has 6 heteroatoms. The molecule has 0 aliphatic carbocycles. The summed E-state index contributed by atoms with van der Waals surface area (Å²) in [5, 5.41) is 2.57. The maximum Gasteiger partial charge on any atom is 0.410 e. The molecule has 6 nitrogen and oxygen atoms in total. The minimum Gasteiger partial charge on any atom is -0.444 e. The van der Waals surface area contributed by atoms with E-state index >= 15 is 0 Å². The lowest BCUT2D eigenvalue weighted by Crippen LogP contribution is -2.53. The van der Waals surface area contributed by atoms with Crippen LogP contribution >= 0.6 is 0 Å². The maximum absolute atomic E-state index is 12.2. The molecule has 1 unspecified atom stereocenters. The quantitative estimate of drug-likeness (QED) is 0.785. The van der Waals surface area contributed by atoms with Gasteiger partial charge in [-0.2, -0.15) is 0 Å². The monoisotopic (exact) mass is 324 g/mol. The van der Waals surface area contributed by atoms with E-state index in [1.54, 1.807) is 4.90 Å². The van der Waals surface area contributed by atoms with Gasteiger partial charge in [-0.1, -0.05) is 12.8 Å². The van der Waals surface area contributed by atoms with Gasteiger partial charge in [0, 0.05) is 6.54 Å². The SMILES string of the molecule is C#CCNC(=O)COC1(CC)CCCN(C(=O)OC(C)(C)C)C1. The Morgan fingerprint density at radius 3 is 2.65 bits per heavy atom. The van der Waals surface area contributed by atoms with Crippen molar-refractivity contribution >= 4 is 12.0 Å². The van der Waals surface area contributed by atoms with Gasteiger partial charge in [-0.3, -0.25) is 4.79 Å². The molecule has 0 aromatic heterocycles. The van der Waals surface area contributed by atoms with E-state index in [1.807, 2.05) is 27.7 Å². The van der Waals surface area contributed by atoms with E-state index in [2.05, 4.69) is 11.2 Å². The number of likely N-dealkylation sites (tertiary alicyclic amines) is 1. The third kappa shape index (κ3) is 6.49. The standard InChI is InChI=1S/C17H28N2O4/c1-6-10-18-14(20)12-22-17(7-2)9-8-11-19(13-17)15(21)23-16(3,4)5/h1H,7-13H2,2-5H3,(H,18,20). The van der Waals surface area contributed by atoms with Gasteiger partial charge in [0.05, 0.1) is 18.7 Å². The first-order valence-electron chi connectivity index (χ1n) is 8.03. The molecule has 1 rings (SSSR count). The number of nitrogens with one attached hydrogen (secondary N) is 1. The zero-order chi connectivity index (χ0) is 17.5. The van der Waals surface area contributed by atoms with Crippen LogP contribution in [-0.4, -0.2) is 54.3 Å². The van der Waals surface area contributed by atoms with Crippen LogP contribution in [0.2, 0.25) is 0 Å². The maximum atomic E-state index is 12.2. The van der Waals surface area contributed by atoms with Gasteiger partial charge < -0.3 is 19.7 Å². The summed E-state index contributed by atoms with van der Waals surface area (Å²) in [5.41, 5.74) is -1.04. The second-order valence-corrected chi connectivity index (χ2v) is 6.81. The fourth-order valence-electron chi connectivity index (χ4n) is 2.51. The minimum absolute atomic E-state index is 0.0579. The van der Waals surface area contributed by atoms with Crippen molar-refractivity contribution in [3.63, 3.8) is 0 Å². The van der Waals surface area contributed by atoms with E-state index in [9.17, 15) is 9.59 Å². The molecule has 0 saturated carbocycles. The molecule has 0 aromatic carbocycles. The molecule has 1 heterocycles. The third-order valence-electron chi connectivity index (χ3n) is 3.73. The van der Waals surface area contributed by atoms with Gasteiger partial charge in [0.1, 0.15) is 12.2 Å². The van der Waals surface area contributed by atoms with E-state index in [4.69, 9.17) is 15.9 Å². The van der Waals surface area contributed by atoms with Crippen molar-refractivity contribution in [2.45, 2.75) is 58.2 Å². The molecule has 1 aliphatic heterocycles. The number of amides is 2. The topological polar surface area (TPSA) is 67.9 Å². The van der Waals surface area contributed by atoms with Gasteiger partial charge >= 0.3 is 6.09 Å². The lowest BCUT2D eigenvalue weighted by Gasteiger charge is -2.42. The molecule has 23 heavy (non-hydrogen) atoms. The van der Waals surface area contributed by atoms with Gasteiger partial charge in [0.2, 0.25) is 5.91 Å². The van der Waals surface area contributed by atoms with Crippen LogP contribution in [0.4, 0.5) is 4.79 Å². The zero-order valence-corrected chi connectivity index (χ0v) is 14.6. The molecule has 0 radical (unpaired) electrons. The summed E-state index contributed by atoms with van der Waals surface area (Å²) in [6.07, 6.45) is 7.11. The number of carbonyl (C=O) groups excluding carboxylic acids is 2. The van der Waals surface area contributed by atoms with Crippen molar-refractivity contribution < 1.29 is 19.1 Å². The number of carbonyl (C=O) groups is 2. The number of rotatable bonds is 5. The molecule has 1 N–H and O–H groups in total. The van der Waals surface area contributed by atoms with Crippen molar-refractivity contribution in [3.05, 3.63) is 0 Å². The first-order valence-corrected chi connectivity index (χ1v) is 8.03. The van der Waals surface area contributed by atoms with E-state index < -0.39 is 11.2 Å². The van der Waals surface area contributed by atoms with E-state index in [0.717, 1.165) is 12.8 Å². The molecule has 1 aliphatic rings. The van der Waals surface area contributed by atoms with Crippen molar-refractivity contribution in [1.29, 1.82) is 0 Å². The number of nitrogens with zero attached hydrogens (tertiary/aromatic N) is 1. The van der Waals surface area contributed by atoms with Gasteiger partial charge in [-0.25, -0.2) is 4.79 Å². The van der Waals surface area contributed by atoms with Crippen LogP contribution in [0.25, 0.3) is 0 Å². The van der Waals surface area contributed by atoms with Gasteiger partial charge in [0.15, 0.2) is 0 Å². The number of hydrogen-bond donors (Lipinski definition) is 1. The Hall–Kier alpha value is -1.74. The van der Waals surface area contributed by atoms with E-state index in [0.29, 0.717) is 19.5 Å². The first kappa shape index (κ1) is 19.3. The van der Waals surface area contributed by atoms with Crippen LogP contribution in [0.3, 0.4) is 0 Å². The summed E-state index contributed by atoms with van der Waals surface area (Å²) in [7, 11) is 0. The second-order valence-electron chi connectivity index (χ2n) is 6.81. The van der Waals surface area contributed by atoms with Crippen LogP contribution in [0.15, 0.2) is 0 Å². The summed E-state index contributed by atoms with van der Waals surface area (Å²) < 4.78 is 11.3. The van der Waals surface area contributed by atoms with Gasteiger partial charge in [-0.05, 0) is 40.0 Å². The summed E-state index contributed by atoms with van der Waals surface area (Å²) in [5.74, 6) is 2.10. The summed E-state index contributed by atoms with van der Waals surface area (Å²) in [6, 6.07) is 0. The van der Waals surface area contributed by atoms with Crippen LogP contribution in [0.5, 0.6) is 0 Å². The molecular formula is C17H28N2O4. The Morgan fingerprint density at radius 2 is 2.09 bits per heavy atom. The number of terminal acetylenes is 1. The Morgan fingerprint density at radius 1 is 1.39 bits per heavy atom. The Labute approximate surface area is 138 Å². The van der Waals surface area contributed by atoms with Crippen LogP contribution < -0.4 is 5.32 Å². The lowest BCUT2D eigenvalue weighted by molar-refractivity contribution is -0.138. The molecule has 0 bridgehead atoms. The zero-order valence-electron chi connectivity index (χ0n) is 14.6. The van der Waals surface area contributed by atoms with Crippen LogP contribution in [-0.2, 0) is 14.3 Å². The fourth-order valence-corrected chi connectivity index (χ4v) is 2.51. The number of ether oxygens (including phenoxy) is 2. The Kier molecular flexibility index (Phi) is 6.89. The predicted octanol–water partition coefficient (Wildman–Crippen LogP) is 1.93. The average molecular weight is 324 g/mol. The van der Waals surface area contributed by atoms with Gasteiger partial charge in [-0.15, -0.1) is 6.42 Å². The second kappa shape index (κ2) is 8.21. The number of piperidine rings is 1. The molecule has 1 atom stereocenters. The summed E-state index contributed by atoms with van der Waals surface area (Å²) in [6.45, 7) is 8.72. The predicted molar refractivity (Wildman–Crippen MR) is 87.9 cm³/mol. The molecule has 0 spiro atoms. The molecule has 0 aromatic rings. The van der Waals surface area contributed by atoms with Crippen LogP contribution in [0, 0.1) is 12.3 Å². The first-order chi connectivity index (χ1) is 10.7. The lowest BCUT2D eigenvalue weighted by atomic mass is 9.90. The molecule has 1 fully saturated rings. The third-order valence-corrected chi connectivity index (χ3v) is 3.73. The highest BCUT2D eigenvalue weighted by Gasteiger charge is 2.38.